The van der Waals surface area contributed by atoms with Crippen LogP contribution in [-0.4, -0.2) is 56.3 Å². The van der Waals surface area contributed by atoms with Crippen LogP contribution in [0, 0.1) is 0 Å². The van der Waals surface area contributed by atoms with Crippen molar-refractivity contribution < 1.29 is 17.9 Å². The van der Waals surface area contributed by atoms with E-state index >= 15 is 0 Å². The number of halogens is 1. The summed E-state index contributed by atoms with van der Waals surface area (Å²) in [5, 5.41) is 3.02. The zero-order valence-electron chi connectivity index (χ0n) is 18.8. The van der Waals surface area contributed by atoms with Gasteiger partial charge in [-0.2, -0.15) is 4.31 Å². The SMILES string of the molecule is COc1ccccc1CN(CC(=O)Nc1ccc(Cl)c(S(=O)(=O)N2CCCCC2)c1)C1CC1. The third kappa shape index (κ3) is 5.87. The maximum atomic E-state index is 13.1. The number of nitrogens with zero attached hydrogens (tertiary/aromatic N) is 2. The first-order valence-electron chi connectivity index (χ1n) is 11.3. The van der Waals surface area contributed by atoms with Crippen LogP contribution in [-0.2, 0) is 21.4 Å². The molecule has 1 saturated heterocycles. The number of piperidine rings is 1. The minimum Gasteiger partial charge on any atom is -0.496 e. The van der Waals surface area contributed by atoms with Gasteiger partial charge >= 0.3 is 0 Å². The second-order valence-corrected chi connectivity index (χ2v) is 10.9. The summed E-state index contributed by atoms with van der Waals surface area (Å²) in [6.07, 6.45) is 4.83. The van der Waals surface area contributed by atoms with E-state index < -0.39 is 10.0 Å². The van der Waals surface area contributed by atoms with Crippen LogP contribution in [0.3, 0.4) is 0 Å². The molecule has 1 amide bonds. The molecular weight excluding hydrogens is 462 g/mol. The van der Waals surface area contributed by atoms with Crippen LogP contribution in [0.2, 0.25) is 5.02 Å². The van der Waals surface area contributed by atoms with E-state index in [2.05, 4.69) is 10.2 Å². The van der Waals surface area contributed by atoms with E-state index in [0.29, 0.717) is 31.4 Å². The molecule has 0 atom stereocenters. The lowest BCUT2D eigenvalue weighted by atomic mass is 10.2. The highest BCUT2D eigenvalue weighted by molar-refractivity contribution is 7.89. The van der Waals surface area contributed by atoms with Crippen molar-refractivity contribution in [2.24, 2.45) is 0 Å². The molecular formula is C24H30ClN3O4S. The number of hydrogen-bond donors (Lipinski definition) is 1. The summed E-state index contributed by atoms with van der Waals surface area (Å²) in [4.78, 5) is 15.0. The Morgan fingerprint density at radius 3 is 2.58 bits per heavy atom. The number of rotatable bonds is 9. The predicted molar refractivity (Wildman–Crippen MR) is 129 cm³/mol. The Balaban J connectivity index is 1.46. The van der Waals surface area contributed by atoms with Gasteiger partial charge in [-0.3, -0.25) is 9.69 Å². The van der Waals surface area contributed by atoms with Crippen molar-refractivity contribution in [3.63, 3.8) is 0 Å². The van der Waals surface area contributed by atoms with Crippen molar-refractivity contribution in [2.75, 3.05) is 32.1 Å². The molecule has 33 heavy (non-hydrogen) atoms. The minimum absolute atomic E-state index is 0.0388. The lowest BCUT2D eigenvalue weighted by Gasteiger charge is -2.26. The fraction of sp³-hybridized carbons (Fsp3) is 0.458. The quantitative estimate of drug-likeness (QED) is 0.570. The van der Waals surface area contributed by atoms with Gasteiger partial charge in [-0.05, 0) is 49.9 Å². The molecule has 2 aromatic carbocycles. The summed E-state index contributed by atoms with van der Waals surface area (Å²) >= 11 is 6.25. The highest BCUT2D eigenvalue weighted by Crippen LogP contribution is 2.31. The molecule has 178 valence electrons. The summed E-state index contributed by atoms with van der Waals surface area (Å²) in [6, 6.07) is 12.8. The molecule has 0 radical (unpaired) electrons. The Kier molecular flexibility index (Phi) is 7.58. The largest absolute Gasteiger partial charge is 0.496 e. The summed E-state index contributed by atoms with van der Waals surface area (Å²) in [7, 11) is -2.06. The first-order valence-corrected chi connectivity index (χ1v) is 13.2. The maximum Gasteiger partial charge on any atom is 0.244 e. The number of carbonyl (C=O) groups excluding carboxylic acids is 1. The Labute approximate surface area is 200 Å². The molecule has 0 bridgehead atoms. The number of nitrogens with one attached hydrogen (secondary N) is 1. The maximum absolute atomic E-state index is 13.1. The third-order valence-corrected chi connectivity index (χ3v) is 8.50. The number of benzene rings is 2. The van der Waals surface area contributed by atoms with Crippen molar-refractivity contribution >= 4 is 33.2 Å². The molecule has 4 rings (SSSR count). The number of anilines is 1. The Morgan fingerprint density at radius 2 is 1.88 bits per heavy atom. The fourth-order valence-electron chi connectivity index (χ4n) is 4.21. The van der Waals surface area contributed by atoms with Crippen molar-refractivity contribution in [1.29, 1.82) is 0 Å². The van der Waals surface area contributed by atoms with Crippen LogP contribution >= 0.6 is 11.6 Å². The molecule has 0 unspecified atom stereocenters. The molecule has 1 N–H and O–H groups in total. The van der Waals surface area contributed by atoms with Gasteiger partial charge in [0.05, 0.1) is 18.7 Å². The van der Waals surface area contributed by atoms with Crippen LogP contribution in [0.15, 0.2) is 47.4 Å². The third-order valence-electron chi connectivity index (χ3n) is 6.12. The highest BCUT2D eigenvalue weighted by atomic mass is 35.5. The zero-order chi connectivity index (χ0) is 23.4. The van der Waals surface area contributed by atoms with Gasteiger partial charge in [0.15, 0.2) is 0 Å². The van der Waals surface area contributed by atoms with Gasteiger partial charge in [-0.1, -0.05) is 36.2 Å². The molecule has 2 aliphatic rings. The van der Waals surface area contributed by atoms with Gasteiger partial charge < -0.3 is 10.1 Å². The van der Waals surface area contributed by atoms with Gasteiger partial charge in [-0.15, -0.1) is 0 Å². The molecule has 1 heterocycles. The molecule has 9 heteroatoms. The first kappa shape index (κ1) is 24.0. The molecule has 2 aromatic rings. The lowest BCUT2D eigenvalue weighted by Crippen LogP contribution is -2.36. The van der Waals surface area contributed by atoms with Crippen LogP contribution < -0.4 is 10.1 Å². The van der Waals surface area contributed by atoms with Crippen LogP contribution in [0.4, 0.5) is 5.69 Å². The summed E-state index contributed by atoms with van der Waals surface area (Å²) < 4.78 is 33.1. The second kappa shape index (κ2) is 10.4. The molecule has 0 spiro atoms. The van der Waals surface area contributed by atoms with E-state index in [1.54, 1.807) is 13.2 Å². The smallest absolute Gasteiger partial charge is 0.244 e. The van der Waals surface area contributed by atoms with Gasteiger partial charge in [0.2, 0.25) is 15.9 Å². The second-order valence-electron chi connectivity index (χ2n) is 8.61. The molecule has 2 fully saturated rings. The van der Waals surface area contributed by atoms with Crippen molar-refractivity contribution in [2.45, 2.75) is 49.6 Å². The van der Waals surface area contributed by atoms with Gasteiger partial charge in [0.25, 0.3) is 0 Å². The minimum atomic E-state index is -3.70. The standard InChI is InChI=1S/C24H30ClN3O4S/c1-32-22-8-4-3-7-18(22)16-27(20-10-11-20)17-24(29)26-19-9-12-21(25)23(15-19)33(30,31)28-13-5-2-6-14-28/h3-4,7-9,12,15,20H,2,5-6,10-11,13-14,16-17H2,1H3,(H,26,29). The number of amides is 1. The normalized spacial score (nSPS) is 17.2. The van der Waals surface area contributed by atoms with Crippen LogP contribution in [0.25, 0.3) is 0 Å². The molecule has 1 aliphatic carbocycles. The first-order chi connectivity index (χ1) is 15.9. The van der Waals surface area contributed by atoms with E-state index in [1.807, 2.05) is 24.3 Å². The monoisotopic (exact) mass is 491 g/mol. The summed E-state index contributed by atoms with van der Waals surface area (Å²) in [6.45, 7) is 1.81. The van der Waals surface area contributed by atoms with E-state index in [1.165, 1.54) is 16.4 Å². The van der Waals surface area contributed by atoms with E-state index in [-0.39, 0.29) is 22.4 Å². The average Bonchev–Trinajstić information content (AvgIpc) is 3.66. The van der Waals surface area contributed by atoms with Crippen molar-refractivity contribution in [3.05, 3.63) is 53.1 Å². The Morgan fingerprint density at radius 1 is 1.15 bits per heavy atom. The lowest BCUT2D eigenvalue weighted by molar-refractivity contribution is -0.117. The number of carbonyl (C=O) groups is 1. The van der Waals surface area contributed by atoms with Crippen LogP contribution in [0.5, 0.6) is 5.75 Å². The summed E-state index contributed by atoms with van der Waals surface area (Å²) in [5.41, 5.74) is 1.45. The fourth-order valence-corrected chi connectivity index (χ4v) is 6.23. The molecule has 1 aliphatic heterocycles. The molecule has 7 nitrogen and oxygen atoms in total. The molecule has 1 saturated carbocycles. The topological polar surface area (TPSA) is 79.0 Å². The van der Waals surface area contributed by atoms with E-state index in [9.17, 15) is 13.2 Å². The Hall–Kier alpha value is -2.13. The number of para-hydroxylation sites is 1. The summed E-state index contributed by atoms with van der Waals surface area (Å²) in [5.74, 6) is 0.606. The highest BCUT2D eigenvalue weighted by Gasteiger charge is 2.31. The predicted octanol–water partition coefficient (Wildman–Crippen LogP) is 4.13. The van der Waals surface area contributed by atoms with Gasteiger partial charge in [0.1, 0.15) is 10.6 Å². The van der Waals surface area contributed by atoms with Crippen LogP contribution in [0.1, 0.15) is 37.7 Å². The van der Waals surface area contributed by atoms with Gasteiger partial charge in [0, 0.05) is 36.9 Å². The van der Waals surface area contributed by atoms with Gasteiger partial charge in [-0.25, -0.2) is 8.42 Å². The van der Waals surface area contributed by atoms with Crippen molar-refractivity contribution in [3.8, 4) is 5.75 Å². The zero-order valence-corrected chi connectivity index (χ0v) is 20.4. The number of ether oxygens (including phenoxy) is 1. The van der Waals surface area contributed by atoms with E-state index in [4.69, 9.17) is 16.3 Å². The van der Waals surface area contributed by atoms with E-state index in [0.717, 1.165) is 43.4 Å². The average molecular weight is 492 g/mol. The van der Waals surface area contributed by atoms with Crippen molar-refractivity contribution in [1.82, 2.24) is 9.21 Å². The number of sulfonamides is 1. The molecule has 0 aromatic heterocycles. The number of hydrogen-bond acceptors (Lipinski definition) is 5. The number of methoxy groups -OCH3 is 1. The Bertz CT molecular complexity index is 1100.